The number of ether oxygens (including phenoxy) is 1. The smallest absolute Gasteiger partial charge is 0.164 e. The van der Waals surface area contributed by atoms with E-state index in [2.05, 4.69) is 25.5 Å². The summed E-state index contributed by atoms with van der Waals surface area (Å²) in [7, 11) is 0. The number of aromatic nitrogens is 4. The van der Waals surface area contributed by atoms with E-state index in [1.165, 1.54) is 24.3 Å². The van der Waals surface area contributed by atoms with E-state index in [0.29, 0.717) is 46.9 Å². The van der Waals surface area contributed by atoms with Gasteiger partial charge >= 0.3 is 0 Å². The van der Waals surface area contributed by atoms with Crippen molar-refractivity contribution in [3.63, 3.8) is 0 Å². The van der Waals surface area contributed by atoms with Crippen molar-refractivity contribution in [1.29, 1.82) is 0 Å². The first-order chi connectivity index (χ1) is 15.0. The molecule has 1 atom stereocenters. The molecule has 0 aliphatic heterocycles. The van der Waals surface area contributed by atoms with Crippen LogP contribution in [0.4, 0.5) is 16.0 Å². The number of nitrogens with zero attached hydrogens (tertiary/aromatic N) is 3. The van der Waals surface area contributed by atoms with Crippen LogP contribution in [0.1, 0.15) is 29.6 Å². The maximum Gasteiger partial charge on any atom is 0.164 e. The summed E-state index contributed by atoms with van der Waals surface area (Å²) < 4.78 is 18.9. The minimum Gasteiger partial charge on any atom is -0.493 e. The molecule has 9 heteroatoms. The Labute approximate surface area is 177 Å². The average molecular weight is 423 g/mol. The number of hydrogen-bond donors (Lipinski definition) is 4. The Morgan fingerprint density at radius 1 is 1.13 bits per heavy atom. The van der Waals surface area contributed by atoms with Crippen molar-refractivity contribution in [3.8, 4) is 5.75 Å². The summed E-state index contributed by atoms with van der Waals surface area (Å²) in [6, 6.07) is 12.7. The Morgan fingerprint density at radius 3 is 2.65 bits per heavy atom. The standard InChI is InChI=1S/C22H22FN5O3/c1-13-11-19(28-27-13)25-21-17-8-7-16(31-10-2-9-29)12-18(17)24-22(26-21)20(30)14-3-5-15(23)6-4-14/h3-8,11-12,20,29-30H,2,9-10H2,1H3,(H2,24,25,26,27,28). The highest BCUT2D eigenvalue weighted by atomic mass is 19.1. The van der Waals surface area contributed by atoms with Crippen LogP contribution in [0.15, 0.2) is 48.5 Å². The zero-order valence-electron chi connectivity index (χ0n) is 16.8. The quantitative estimate of drug-likeness (QED) is 0.321. The van der Waals surface area contributed by atoms with E-state index in [0.717, 1.165) is 5.69 Å². The summed E-state index contributed by atoms with van der Waals surface area (Å²) in [5, 5.41) is 30.7. The summed E-state index contributed by atoms with van der Waals surface area (Å²) in [6.45, 7) is 2.30. The van der Waals surface area contributed by atoms with Crippen LogP contribution in [-0.2, 0) is 0 Å². The van der Waals surface area contributed by atoms with Crippen molar-refractivity contribution in [2.75, 3.05) is 18.5 Å². The van der Waals surface area contributed by atoms with E-state index >= 15 is 0 Å². The fraction of sp³-hybridized carbons (Fsp3) is 0.227. The predicted octanol–water partition coefficient (Wildman–Crippen LogP) is 3.39. The van der Waals surface area contributed by atoms with Gasteiger partial charge in [-0.2, -0.15) is 5.10 Å². The van der Waals surface area contributed by atoms with Gasteiger partial charge in [0.05, 0.1) is 12.1 Å². The predicted molar refractivity (Wildman–Crippen MR) is 114 cm³/mol. The number of hydrogen-bond acceptors (Lipinski definition) is 7. The summed E-state index contributed by atoms with van der Waals surface area (Å²) in [4.78, 5) is 9.03. The van der Waals surface area contributed by atoms with E-state index < -0.39 is 11.9 Å². The monoisotopic (exact) mass is 423 g/mol. The lowest BCUT2D eigenvalue weighted by Gasteiger charge is -2.14. The summed E-state index contributed by atoms with van der Waals surface area (Å²) in [5.41, 5.74) is 1.91. The second-order valence-electron chi connectivity index (χ2n) is 7.05. The van der Waals surface area contributed by atoms with E-state index in [1.54, 1.807) is 12.1 Å². The Hall–Kier alpha value is -3.56. The number of halogens is 1. The van der Waals surface area contributed by atoms with Gasteiger partial charge < -0.3 is 20.3 Å². The number of aliphatic hydroxyl groups is 2. The van der Waals surface area contributed by atoms with Gasteiger partial charge in [-0.15, -0.1) is 0 Å². The highest BCUT2D eigenvalue weighted by molar-refractivity contribution is 5.91. The van der Waals surface area contributed by atoms with Crippen molar-refractivity contribution >= 4 is 22.5 Å². The second-order valence-corrected chi connectivity index (χ2v) is 7.05. The van der Waals surface area contributed by atoms with Crippen LogP contribution in [0.25, 0.3) is 10.9 Å². The Kier molecular flexibility index (Phi) is 6.06. The molecule has 4 aromatic rings. The zero-order chi connectivity index (χ0) is 21.8. The van der Waals surface area contributed by atoms with Crippen LogP contribution >= 0.6 is 0 Å². The van der Waals surface area contributed by atoms with Crippen LogP contribution in [0.2, 0.25) is 0 Å². The molecule has 0 aliphatic rings. The van der Waals surface area contributed by atoms with Crippen LogP contribution in [-0.4, -0.2) is 43.6 Å². The zero-order valence-corrected chi connectivity index (χ0v) is 16.8. The average Bonchev–Trinajstić information content (AvgIpc) is 3.18. The lowest BCUT2D eigenvalue weighted by molar-refractivity contribution is 0.210. The highest BCUT2D eigenvalue weighted by Crippen LogP contribution is 2.30. The molecule has 0 fully saturated rings. The maximum absolute atomic E-state index is 13.3. The van der Waals surface area contributed by atoms with Gasteiger partial charge in [-0.25, -0.2) is 14.4 Å². The van der Waals surface area contributed by atoms with Gasteiger partial charge in [0.15, 0.2) is 11.6 Å². The normalized spacial score (nSPS) is 12.1. The maximum atomic E-state index is 13.3. The number of aryl methyl sites for hydroxylation is 1. The minimum absolute atomic E-state index is 0.0426. The molecule has 0 saturated heterocycles. The number of H-pyrrole nitrogens is 1. The third-order valence-corrected chi connectivity index (χ3v) is 4.64. The molecule has 0 spiro atoms. The topological polar surface area (TPSA) is 116 Å². The Balaban J connectivity index is 1.75. The molecular weight excluding hydrogens is 401 g/mol. The first-order valence-electron chi connectivity index (χ1n) is 9.81. The lowest BCUT2D eigenvalue weighted by atomic mass is 10.1. The van der Waals surface area contributed by atoms with Crippen molar-refractivity contribution in [1.82, 2.24) is 20.2 Å². The van der Waals surface area contributed by atoms with Gasteiger partial charge in [0.25, 0.3) is 0 Å². The molecular formula is C22H22FN5O3. The van der Waals surface area contributed by atoms with Gasteiger partial charge in [0.2, 0.25) is 0 Å². The second kappa shape index (κ2) is 9.07. The Bertz CT molecular complexity index is 1180. The molecule has 160 valence electrons. The van der Waals surface area contributed by atoms with Gasteiger partial charge in [-0.3, -0.25) is 5.10 Å². The lowest BCUT2D eigenvalue weighted by Crippen LogP contribution is -2.08. The molecule has 4 rings (SSSR count). The van der Waals surface area contributed by atoms with Crippen LogP contribution in [0, 0.1) is 12.7 Å². The number of nitrogens with one attached hydrogen (secondary N) is 2. The molecule has 2 aromatic carbocycles. The molecule has 0 amide bonds. The van der Waals surface area contributed by atoms with Crippen LogP contribution < -0.4 is 10.1 Å². The summed E-state index contributed by atoms with van der Waals surface area (Å²) >= 11 is 0. The minimum atomic E-state index is -1.15. The first-order valence-corrected chi connectivity index (χ1v) is 9.81. The number of fused-ring (bicyclic) bond motifs is 1. The van der Waals surface area contributed by atoms with Crippen molar-refractivity contribution in [2.45, 2.75) is 19.4 Å². The number of rotatable bonds is 8. The summed E-state index contributed by atoms with van der Waals surface area (Å²) in [5.74, 6) is 1.39. The molecule has 31 heavy (non-hydrogen) atoms. The van der Waals surface area contributed by atoms with Gasteiger partial charge in [0.1, 0.15) is 23.5 Å². The molecule has 0 saturated carbocycles. The SMILES string of the molecule is Cc1cc(Nc2nc(C(O)c3ccc(F)cc3)nc3cc(OCCCO)ccc23)n[nH]1. The molecule has 4 N–H and O–H groups in total. The Morgan fingerprint density at radius 2 is 1.94 bits per heavy atom. The number of benzene rings is 2. The molecule has 2 heterocycles. The fourth-order valence-electron chi connectivity index (χ4n) is 3.09. The first kappa shape index (κ1) is 20.7. The summed E-state index contributed by atoms with van der Waals surface area (Å²) in [6.07, 6.45) is -0.632. The third-order valence-electron chi connectivity index (χ3n) is 4.64. The molecule has 0 bridgehead atoms. The molecule has 8 nitrogen and oxygen atoms in total. The number of aliphatic hydroxyl groups excluding tert-OH is 2. The highest BCUT2D eigenvalue weighted by Gasteiger charge is 2.18. The number of anilines is 2. The molecule has 0 radical (unpaired) electrons. The van der Waals surface area contributed by atoms with Crippen molar-refractivity contribution < 1.29 is 19.3 Å². The molecule has 2 aromatic heterocycles. The van der Waals surface area contributed by atoms with Crippen molar-refractivity contribution in [2.24, 2.45) is 0 Å². The largest absolute Gasteiger partial charge is 0.493 e. The van der Waals surface area contributed by atoms with Crippen LogP contribution in [0.3, 0.4) is 0 Å². The van der Waals surface area contributed by atoms with E-state index in [9.17, 15) is 9.50 Å². The van der Waals surface area contributed by atoms with E-state index in [4.69, 9.17) is 9.84 Å². The van der Waals surface area contributed by atoms with Gasteiger partial charge in [-0.1, -0.05) is 12.1 Å². The van der Waals surface area contributed by atoms with Gasteiger partial charge in [0, 0.05) is 36.2 Å². The van der Waals surface area contributed by atoms with E-state index in [1.807, 2.05) is 19.1 Å². The van der Waals surface area contributed by atoms with Crippen molar-refractivity contribution in [3.05, 3.63) is 71.4 Å². The molecule has 1 unspecified atom stereocenters. The fourth-order valence-corrected chi connectivity index (χ4v) is 3.09. The van der Waals surface area contributed by atoms with Gasteiger partial charge in [-0.05, 0) is 36.8 Å². The molecule has 0 aliphatic carbocycles. The van der Waals surface area contributed by atoms with Crippen LogP contribution in [0.5, 0.6) is 5.75 Å². The third kappa shape index (κ3) is 4.79. The number of aromatic amines is 1. The van der Waals surface area contributed by atoms with E-state index in [-0.39, 0.29) is 12.4 Å².